The number of rotatable bonds is 6. The number of fused-ring (bicyclic) bond motifs is 1. The van der Waals surface area contributed by atoms with Crippen molar-refractivity contribution < 1.29 is 14.5 Å². The van der Waals surface area contributed by atoms with Gasteiger partial charge in [-0.2, -0.15) is 5.10 Å². The third kappa shape index (κ3) is 4.32. The van der Waals surface area contributed by atoms with Crippen LogP contribution in [-0.2, 0) is 4.79 Å². The molecule has 0 aliphatic rings. The van der Waals surface area contributed by atoms with E-state index in [1.807, 2.05) is 36.4 Å². The van der Waals surface area contributed by atoms with E-state index >= 15 is 0 Å². The maximum atomic E-state index is 12.4. The summed E-state index contributed by atoms with van der Waals surface area (Å²) in [5.41, 5.74) is 4.04. The van der Waals surface area contributed by atoms with Gasteiger partial charge in [-0.05, 0) is 53.1 Å². The number of non-ortho nitro benzene ring substituents is 1. The number of carbonyl (C=O) groups excluding carboxylic acids is 1. The van der Waals surface area contributed by atoms with Crippen LogP contribution in [0, 0.1) is 10.1 Å². The molecule has 7 heteroatoms. The normalized spacial score (nSPS) is 12.1. The Morgan fingerprint density at radius 3 is 2.46 bits per heavy atom. The van der Waals surface area contributed by atoms with E-state index in [4.69, 9.17) is 4.74 Å². The second-order valence-corrected chi connectivity index (χ2v) is 6.28. The lowest BCUT2D eigenvalue weighted by atomic mass is 9.97. The highest BCUT2D eigenvalue weighted by atomic mass is 16.6. The minimum atomic E-state index is -0.468. The van der Waals surface area contributed by atoms with Gasteiger partial charge in [-0.15, -0.1) is 0 Å². The lowest BCUT2D eigenvalue weighted by Crippen LogP contribution is -2.23. The predicted octanol–water partition coefficient (Wildman–Crippen LogP) is 4.01. The summed E-state index contributed by atoms with van der Waals surface area (Å²) in [6, 6.07) is 17.5. The summed E-state index contributed by atoms with van der Waals surface area (Å²) in [7, 11) is 1.62. The minimum Gasteiger partial charge on any atom is -0.497 e. The van der Waals surface area contributed by atoms with Crippen LogP contribution in [0.25, 0.3) is 10.8 Å². The van der Waals surface area contributed by atoms with Crippen molar-refractivity contribution in [2.75, 3.05) is 7.11 Å². The lowest BCUT2D eigenvalue weighted by molar-refractivity contribution is -0.384. The van der Waals surface area contributed by atoms with Gasteiger partial charge in [-0.1, -0.05) is 24.3 Å². The zero-order valence-corrected chi connectivity index (χ0v) is 15.5. The second kappa shape index (κ2) is 8.30. The van der Waals surface area contributed by atoms with Gasteiger partial charge in [0, 0.05) is 12.1 Å². The van der Waals surface area contributed by atoms with Gasteiger partial charge in [0.05, 0.1) is 24.2 Å². The molecule has 0 spiro atoms. The van der Waals surface area contributed by atoms with Crippen LogP contribution >= 0.6 is 0 Å². The average molecular weight is 377 g/mol. The molecule has 0 aliphatic carbocycles. The largest absolute Gasteiger partial charge is 0.497 e. The molecule has 3 rings (SSSR count). The number of carbonyl (C=O) groups is 1. The Morgan fingerprint density at radius 2 is 1.79 bits per heavy atom. The number of hydrogen-bond acceptors (Lipinski definition) is 5. The van der Waals surface area contributed by atoms with E-state index < -0.39 is 4.92 Å². The zero-order valence-electron chi connectivity index (χ0n) is 15.5. The Labute approximate surface area is 161 Å². The fourth-order valence-corrected chi connectivity index (χ4v) is 2.74. The summed E-state index contributed by atoms with van der Waals surface area (Å²) in [6.07, 6.45) is 1.45. The number of hydrazone groups is 1. The Bertz CT molecular complexity index is 1050. The van der Waals surface area contributed by atoms with E-state index in [0.717, 1.165) is 22.1 Å². The zero-order chi connectivity index (χ0) is 20.1. The topological polar surface area (TPSA) is 93.8 Å². The van der Waals surface area contributed by atoms with Gasteiger partial charge in [0.2, 0.25) is 5.91 Å². The fourth-order valence-electron chi connectivity index (χ4n) is 2.74. The molecule has 1 N–H and O–H groups in total. The molecule has 0 fully saturated rings. The van der Waals surface area contributed by atoms with Crippen LogP contribution in [0.3, 0.4) is 0 Å². The summed E-state index contributed by atoms with van der Waals surface area (Å²) >= 11 is 0. The molecular weight excluding hydrogens is 358 g/mol. The van der Waals surface area contributed by atoms with Crippen LogP contribution in [0.15, 0.2) is 65.8 Å². The van der Waals surface area contributed by atoms with Gasteiger partial charge < -0.3 is 4.74 Å². The number of nitrogens with zero attached hydrogens (tertiary/aromatic N) is 2. The molecule has 3 aromatic carbocycles. The first kappa shape index (κ1) is 19.0. The summed E-state index contributed by atoms with van der Waals surface area (Å²) < 4.78 is 5.22. The van der Waals surface area contributed by atoms with Crippen molar-refractivity contribution in [2.45, 2.75) is 12.8 Å². The van der Waals surface area contributed by atoms with Gasteiger partial charge in [0.25, 0.3) is 5.69 Å². The minimum absolute atomic E-state index is 0.00346. The Morgan fingerprint density at radius 1 is 1.11 bits per heavy atom. The summed E-state index contributed by atoms with van der Waals surface area (Å²) in [6.45, 7) is 1.81. The number of nitrogens with one attached hydrogen (secondary N) is 1. The van der Waals surface area contributed by atoms with E-state index in [2.05, 4.69) is 10.5 Å². The first-order valence-corrected chi connectivity index (χ1v) is 8.63. The molecular formula is C21H19N3O4. The van der Waals surface area contributed by atoms with Crippen molar-refractivity contribution >= 4 is 28.6 Å². The van der Waals surface area contributed by atoms with Crippen LogP contribution in [0.2, 0.25) is 0 Å². The highest BCUT2D eigenvalue weighted by Gasteiger charge is 2.15. The van der Waals surface area contributed by atoms with E-state index in [1.54, 1.807) is 26.2 Å². The number of nitro benzene ring substituents is 1. The molecule has 3 aromatic rings. The molecule has 28 heavy (non-hydrogen) atoms. The number of hydrogen-bond donors (Lipinski definition) is 1. The van der Waals surface area contributed by atoms with Gasteiger partial charge in [0.15, 0.2) is 0 Å². The Kier molecular flexibility index (Phi) is 5.64. The molecule has 0 saturated carbocycles. The molecule has 0 radical (unpaired) electrons. The quantitative estimate of drug-likeness (QED) is 0.399. The van der Waals surface area contributed by atoms with Gasteiger partial charge in [0.1, 0.15) is 5.75 Å². The molecule has 1 amide bonds. The maximum Gasteiger partial charge on any atom is 0.269 e. The van der Waals surface area contributed by atoms with Crippen LogP contribution in [-0.4, -0.2) is 24.2 Å². The second-order valence-electron chi connectivity index (χ2n) is 6.28. The summed E-state index contributed by atoms with van der Waals surface area (Å²) in [5.74, 6) is 0.151. The third-order valence-corrected chi connectivity index (χ3v) is 4.46. The van der Waals surface area contributed by atoms with Crippen molar-refractivity contribution in [2.24, 2.45) is 5.10 Å². The molecule has 1 unspecified atom stereocenters. The van der Waals surface area contributed by atoms with Crippen LogP contribution in [0.5, 0.6) is 5.75 Å². The molecule has 0 bridgehead atoms. The van der Waals surface area contributed by atoms with E-state index in [-0.39, 0.29) is 17.5 Å². The highest BCUT2D eigenvalue weighted by molar-refractivity contribution is 5.89. The van der Waals surface area contributed by atoms with Crippen LogP contribution in [0.1, 0.15) is 24.0 Å². The molecule has 0 aliphatic heterocycles. The summed E-state index contributed by atoms with van der Waals surface area (Å²) in [5, 5.41) is 16.6. The van der Waals surface area contributed by atoms with E-state index in [9.17, 15) is 14.9 Å². The first-order chi connectivity index (χ1) is 13.5. The van der Waals surface area contributed by atoms with Crippen molar-refractivity contribution in [3.63, 3.8) is 0 Å². The third-order valence-electron chi connectivity index (χ3n) is 4.46. The van der Waals surface area contributed by atoms with Crippen molar-refractivity contribution in [3.05, 3.63) is 81.9 Å². The molecule has 0 saturated heterocycles. The predicted molar refractivity (Wildman–Crippen MR) is 108 cm³/mol. The molecule has 0 aromatic heterocycles. The number of methoxy groups -OCH3 is 1. The average Bonchev–Trinajstić information content (AvgIpc) is 2.72. The van der Waals surface area contributed by atoms with E-state index in [1.165, 1.54) is 18.3 Å². The van der Waals surface area contributed by atoms with Crippen molar-refractivity contribution in [3.8, 4) is 5.75 Å². The van der Waals surface area contributed by atoms with Crippen LogP contribution in [0.4, 0.5) is 5.69 Å². The fraction of sp³-hybridized carbons (Fsp3) is 0.143. The van der Waals surface area contributed by atoms with Gasteiger partial charge in [-0.3, -0.25) is 14.9 Å². The summed E-state index contributed by atoms with van der Waals surface area (Å²) in [4.78, 5) is 22.6. The maximum absolute atomic E-state index is 12.4. The lowest BCUT2D eigenvalue weighted by Gasteiger charge is -2.11. The van der Waals surface area contributed by atoms with Crippen molar-refractivity contribution in [1.29, 1.82) is 0 Å². The van der Waals surface area contributed by atoms with Gasteiger partial charge in [-0.25, -0.2) is 5.43 Å². The van der Waals surface area contributed by atoms with Crippen LogP contribution < -0.4 is 10.2 Å². The smallest absolute Gasteiger partial charge is 0.269 e. The standard InChI is InChI=1S/C21H19N3O4/c1-14(16-5-6-18-12-20(28-2)10-7-17(18)11-16)21(25)23-22-13-15-3-8-19(9-4-15)24(26)27/h3-14H,1-2H3,(H,23,25)/b22-13+. The molecule has 1 atom stereocenters. The van der Waals surface area contributed by atoms with Crippen molar-refractivity contribution in [1.82, 2.24) is 5.43 Å². The highest BCUT2D eigenvalue weighted by Crippen LogP contribution is 2.25. The first-order valence-electron chi connectivity index (χ1n) is 8.63. The molecule has 0 heterocycles. The molecule has 142 valence electrons. The molecule has 7 nitrogen and oxygen atoms in total. The number of nitro groups is 1. The monoisotopic (exact) mass is 377 g/mol. The number of ether oxygens (including phenoxy) is 1. The van der Waals surface area contributed by atoms with Gasteiger partial charge >= 0.3 is 0 Å². The Hall–Kier alpha value is -3.74. The SMILES string of the molecule is COc1ccc2cc(C(C)C(=O)N/N=C/c3ccc([N+](=O)[O-])cc3)ccc2c1. The number of benzene rings is 3. The van der Waals surface area contributed by atoms with E-state index in [0.29, 0.717) is 5.56 Å². The Balaban J connectivity index is 1.66. The number of amides is 1.